The fourth-order valence-corrected chi connectivity index (χ4v) is 3.04. The summed E-state index contributed by atoms with van der Waals surface area (Å²) in [5.41, 5.74) is 5.43. The number of benzene rings is 3. The highest BCUT2D eigenvalue weighted by molar-refractivity contribution is 6.30. The van der Waals surface area contributed by atoms with Crippen LogP contribution in [0.15, 0.2) is 71.8 Å². The van der Waals surface area contributed by atoms with E-state index in [9.17, 15) is 4.79 Å². The SMILES string of the molecule is CCOc1cc(/C=N\NC(=O)COc2ccc(CC)cc2)ccc1OCc1ccc(Cl)cc1. The van der Waals surface area contributed by atoms with Crippen molar-refractivity contribution < 1.29 is 19.0 Å². The molecular formula is C26H27ClN2O4. The van der Waals surface area contributed by atoms with Crippen LogP contribution in [0.4, 0.5) is 0 Å². The van der Waals surface area contributed by atoms with Gasteiger partial charge in [-0.15, -0.1) is 0 Å². The highest BCUT2D eigenvalue weighted by atomic mass is 35.5. The van der Waals surface area contributed by atoms with Crippen molar-refractivity contribution in [1.29, 1.82) is 0 Å². The fourth-order valence-electron chi connectivity index (χ4n) is 2.92. The van der Waals surface area contributed by atoms with Gasteiger partial charge >= 0.3 is 0 Å². The first kappa shape index (κ1) is 24.1. The standard InChI is InChI=1S/C26H27ClN2O4/c1-3-19-7-12-23(13-8-19)32-18-26(30)29-28-16-21-9-14-24(25(15-21)31-4-2)33-17-20-5-10-22(27)11-6-20/h5-16H,3-4,17-18H2,1-2H3,(H,29,30)/b28-16-. The average Bonchev–Trinajstić information content (AvgIpc) is 2.84. The number of amides is 1. The average molecular weight is 467 g/mol. The second-order valence-corrected chi connectivity index (χ2v) is 7.57. The molecule has 3 rings (SSSR count). The molecule has 7 heteroatoms. The number of carbonyl (C=O) groups excluding carboxylic acids is 1. The van der Waals surface area contributed by atoms with Crippen LogP contribution >= 0.6 is 11.6 Å². The van der Waals surface area contributed by atoms with Crippen molar-refractivity contribution in [2.45, 2.75) is 26.9 Å². The number of nitrogens with one attached hydrogen (secondary N) is 1. The van der Waals surface area contributed by atoms with Crippen LogP contribution in [0.5, 0.6) is 17.2 Å². The summed E-state index contributed by atoms with van der Waals surface area (Å²) in [7, 11) is 0. The smallest absolute Gasteiger partial charge is 0.277 e. The number of hydrazone groups is 1. The molecule has 0 atom stereocenters. The first-order valence-corrected chi connectivity index (χ1v) is 11.1. The van der Waals surface area contributed by atoms with E-state index in [1.54, 1.807) is 6.21 Å². The highest BCUT2D eigenvalue weighted by Gasteiger charge is 2.07. The van der Waals surface area contributed by atoms with Gasteiger partial charge in [-0.1, -0.05) is 42.8 Å². The predicted molar refractivity (Wildman–Crippen MR) is 130 cm³/mol. The molecule has 0 saturated heterocycles. The van der Waals surface area contributed by atoms with Gasteiger partial charge in [-0.25, -0.2) is 5.43 Å². The minimum absolute atomic E-state index is 0.121. The van der Waals surface area contributed by atoms with E-state index < -0.39 is 0 Å². The number of aryl methyl sites for hydroxylation is 1. The lowest BCUT2D eigenvalue weighted by molar-refractivity contribution is -0.123. The molecule has 172 valence electrons. The van der Waals surface area contributed by atoms with Crippen LogP contribution in [-0.4, -0.2) is 25.3 Å². The number of halogens is 1. The molecule has 1 amide bonds. The molecule has 33 heavy (non-hydrogen) atoms. The van der Waals surface area contributed by atoms with E-state index in [1.807, 2.05) is 73.7 Å². The first-order chi connectivity index (χ1) is 16.1. The number of nitrogens with zero attached hydrogens (tertiary/aromatic N) is 1. The molecule has 1 N–H and O–H groups in total. The van der Waals surface area contributed by atoms with Crippen LogP contribution in [0.2, 0.25) is 5.02 Å². The molecule has 0 saturated carbocycles. The third-order valence-electron chi connectivity index (χ3n) is 4.68. The zero-order chi connectivity index (χ0) is 23.5. The second kappa shape index (κ2) is 12.5. The number of hydrogen-bond acceptors (Lipinski definition) is 5. The summed E-state index contributed by atoms with van der Waals surface area (Å²) in [6.45, 7) is 4.75. The number of rotatable bonds is 11. The molecule has 0 bridgehead atoms. The Morgan fingerprint density at radius 2 is 1.64 bits per heavy atom. The van der Waals surface area contributed by atoms with Gasteiger partial charge < -0.3 is 14.2 Å². The Bertz CT molecular complexity index is 1070. The van der Waals surface area contributed by atoms with E-state index in [0.717, 1.165) is 17.5 Å². The zero-order valence-corrected chi connectivity index (χ0v) is 19.5. The zero-order valence-electron chi connectivity index (χ0n) is 18.7. The van der Waals surface area contributed by atoms with Crippen molar-refractivity contribution in [3.8, 4) is 17.2 Å². The third kappa shape index (κ3) is 7.84. The van der Waals surface area contributed by atoms with Crippen LogP contribution < -0.4 is 19.6 Å². The van der Waals surface area contributed by atoms with Crippen LogP contribution in [0.1, 0.15) is 30.5 Å². The lowest BCUT2D eigenvalue weighted by atomic mass is 10.2. The second-order valence-electron chi connectivity index (χ2n) is 7.13. The van der Waals surface area contributed by atoms with Gasteiger partial charge in [-0.05, 0) is 72.5 Å². The maximum atomic E-state index is 12.0. The van der Waals surface area contributed by atoms with Crippen molar-refractivity contribution in [1.82, 2.24) is 5.43 Å². The maximum Gasteiger partial charge on any atom is 0.277 e. The summed E-state index contributed by atoms with van der Waals surface area (Å²) in [6.07, 6.45) is 2.50. The van der Waals surface area contributed by atoms with E-state index in [0.29, 0.717) is 35.5 Å². The van der Waals surface area contributed by atoms with Gasteiger partial charge in [0.05, 0.1) is 12.8 Å². The first-order valence-electron chi connectivity index (χ1n) is 10.7. The largest absolute Gasteiger partial charge is 0.490 e. The predicted octanol–water partition coefficient (Wildman–Crippen LogP) is 5.41. The van der Waals surface area contributed by atoms with E-state index in [1.165, 1.54) is 5.56 Å². The number of carbonyl (C=O) groups is 1. The summed E-state index contributed by atoms with van der Waals surface area (Å²) in [5, 5.41) is 4.68. The minimum atomic E-state index is -0.348. The molecule has 0 fully saturated rings. The number of ether oxygens (including phenoxy) is 3. The summed E-state index contributed by atoms with van der Waals surface area (Å²) >= 11 is 5.92. The fraction of sp³-hybridized carbons (Fsp3) is 0.231. The van der Waals surface area contributed by atoms with Gasteiger partial charge in [0.1, 0.15) is 12.4 Å². The molecule has 0 radical (unpaired) electrons. The lowest BCUT2D eigenvalue weighted by Gasteiger charge is -2.12. The van der Waals surface area contributed by atoms with Crippen LogP contribution in [0.3, 0.4) is 0 Å². The van der Waals surface area contributed by atoms with E-state index in [-0.39, 0.29) is 12.5 Å². The monoisotopic (exact) mass is 466 g/mol. The van der Waals surface area contributed by atoms with Crippen LogP contribution in [0.25, 0.3) is 0 Å². The maximum absolute atomic E-state index is 12.0. The van der Waals surface area contributed by atoms with Gasteiger partial charge in [0.2, 0.25) is 0 Å². The van der Waals surface area contributed by atoms with E-state index in [2.05, 4.69) is 17.5 Å². The Labute approximate surface area is 199 Å². The van der Waals surface area contributed by atoms with Crippen molar-refractivity contribution >= 4 is 23.7 Å². The van der Waals surface area contributed by atoms with Crippen LogP contribution in [0, 0.1) is 0 Å². The van der Waals surface area contributed by atoms with Crippen molar-refractivity contribution in [2.75, 3.05) is 13.2 Å². The Morgan fingerprint density at radius 1 is 0.909 bits per heavy atom. The van der Waals surface area contributed by atoms with Gasteiger partial charge in [0, 0.05) is 5.02 Å². The molecule has 0 aliphatic heterocycles. The molecule has 0 aromatic heterocycles. The lowest BCUT2D eigenvalue weighted by Crippen LogP contribution is -2.24. The van der Waals surface area contributed by atoms with Crippen molar-refractivity contribution in [2.24, 2.45) is 5.10 Å². The molecule has 3 aromatic rings. The Balaban J connectivity index is 1.52. The molecule has 3 aromatic carbocycles. The van der Waals surface area contributed by atoms with Crippen LogP contribution in [-0.2, 0) is 17.8 Å². The molecule has 0 aliphatic rings. The Kier molecular flexibility index (Phi) is 9.15. The summed E-state index contributed by atoms with van der Waals surface area (Å²) in [5.74, 6) is 1.51. The van der Waals surface area contributed by atoms with E-state index >= 15 is 0 Å². The Hall–Kier alpha value is -3.51. The minimum Gasteiger partial charge on any atom is -0.490 e. The molecule has 0 unspecified atom stereocenters. The molecule has 0 spiro atoms. The topological polar surface area (TPSA) is 69.2 Å². The van der Waals surface area contributed by atoms with Gasteiger partial charge in [-0.2, -0.15) is 5.10 Å². The van der Waals surface area contributed by atoms with Gasteiger partial charge in [0.25, 0.3) is 5.91 Å². The Morgan fingerprint density at radius 3 is 2.33 bits per heavy atom. The quantitative estimate of drug-likeness (QED) is 0.303. The molecular weight excluding hydrogens is 440 g/mol. The van der Waals surface area contributed by atoms with Gasteiger partial charge in [-0.3, -0.25) is 4.79 Å². The molecule has 0 aliphatic carbocycles. The highest BCUT2D eigenvalue weighted by Crippen LogP contribution is 2.29. The van der Waals surface area contributed by atoms with E-state index in [4.69, 9.17) is 25.8 Å². The third-order valence-corrected chi connectivity index (χ3v) is 4.93. The van der Waals surface area contributed by atoms with Crippen molar-refractivity contribution in [3.05, 3.63) is 88.4 Å². The summed E-state index contributed by atoms with van der Waals surface area (Å²) < 4.78 is 17.1. The summed E-state index contributed by atoms with van der Waals surface area (Å²) in [4.78, 5) is 12.0. The molecule has 0 heterocycles. The molecule has 6 nitrogen and oxygen atoms in total. The summed E-state index contributed by atoms with van der Waals surface area (Å²) in [6, 6.07) is 20.6. The van der Waals surface area contributed by atoms with Crippen molar-refractivity contribution in [3.63, 3.8) is 0 Å². The van der Waals surface area contributed by atoms with Gasteiger partial charge in [0.15, 0.2) is 18.1 Å². The normalized spacial score (nSPS) is 10.8. The number of hydrogen-bond donors (Lipinski definition) is 1.